The number of Topliss-reactive ketones (excluding diaryl/α,β-unsaturated/α-hetero) is 1. The zero-order valence-electron chi connectivity index (χ0n) is 14.3. The van der Waals surface area contributed by atoms with Gasteiger partial charge in [-0.1, -0.05) is 24.3 Å². The lowest BCUT2D eigenvalue weighted by Gasteiger charge is -2.11. The summed E-state index contributed by atoms with van der Waals surface area (Å²) >= 11 is -2.61. The summed E-state index contributed by atoms with van der Waals surface area (Å²) in [5.74, 6) is -0.122. The minimum Gasteiger partial charge on any atom is -0.479 e. The van der Waals surface area contributed by atoms with Gasteiger partial charge in [-0.05, 0) is 32.4 Å². The SMILES string of the molecule is CC1=CC(=O)c2ccccc2C1=O.Cc1cnc(O)nc1C.O=S(O)O. The van der Waals surface area contributed by atoms with E-state index in [1.54, 1.807) is 37.4 Å². The van der Waals surface area contributed by atoms with E-state index in [9.17, 15) is 9.59 Å². The number of nitrogens with zero attached hydrogens (tertiary/aromatic N) is 2. The molecule has 2 aromatic rings. The van der Waals surface area contributed by atoms with E-state index in [0.29, 0.717) is 16.7 Å². The Morgan fingerprint density at radius 1 is 1.00 bits per heavy atom. The summed E-state index contributed by atoms with van der Waals surface area (Å²) in [5, 5.41) is 8.72. The Bertz CT molecular complexity index is 875. The molecular formula is C17H18N2O6S. The molecule has 0 unspecified atom stereocenters. The molecule has 0 atom stereocenters. The highest BCUT2D eigenvalue weighted by molar-refractivity contribution is 7.73. The summed E-state index contributed by atoms with van der Waals surface area (Å²) in [5.41, 5.74) is 3.37. The fourth-order valence-electron chi connectivity index (χ4n) is 1.96. The summed E-state index contributed by atoms with van der Waals surface area (Å²) in [4.78, 5) is 30.3. The van der Waals surface area contributed by atoms with Crippen molar-refractivity contribution < 1.29 is 28.0 Å². The van der Waals surface area contributed by atoms with E-state index in [1.165, 1.54) is 6.08 Å². The van der Waals surface area contributed by atoms with Crippen molar-refractivity contribution in [1.82, 2.24) is 9.97 Å². The van der Waals surface area contributed by atoms with Crippen LogP contribution in [0, 0.1) is 13.8 Å². The summed E-state index contributed by atoms with van der Waals surface area (Å²) < 4.78 is 22.8. The molecule has 0 fully saturated rings. The molecule has 26 heavy (non-hydrogen) atoms. The molecule has 138 valence electrons. The van der Waals surface area contributed by atoms with Crippen molar-refractivity contribution in [3.8, 4) is 6.01 Å². The quantitative estimate of drug-likeness (QED) is 0.595. The molecular weight excluding hydrogens is 360 g/mol. The summed E-state index contributed by atoms with van der Waals surface area (Å²) in [7, 11) is 0. The Balaban J connectivity index is 0.000000227. The number of aromatic nitrogens is 2. The Labute approximate surface area is 152 Å². The molecule has 1 heterocycles. The Kier molecular flexibility index (Phi) is 7.91. The zero-order valence-corrected chi connectivity index (χ0v) is 15.1. The fourth-order valence-corrected chi connectivity index (χ4v) is 1.96. The largest absolute Gasteiger partial charge is 0.479 e. The molecule has 0 aliphatic heterocycles. The maximum Gasteiger partial charge on any atom is 0.314 e. The number of hydrogen-bond acceptors (Lipinski definition) is 6. The maximum absolute atomic E-state index is 11.5. The fraction of sp³-hybridized carbons (Fsp3) is 0.176. The zero-order chi connectivity index (χ0) is 19.9. The van der Waals surface area contributed by atoms with Crippen LogP contribution in [0.15, 0.2) is 42.1 Å². The van der Waals surface area contributed by atoms with E-state index in [2.05, 4.69) is 9.97 Å². The number of fused-ring (bicyclic) bond motifs is 1. The van der Waals surface area contributed by atoms with Crippen LogP contribution in [0.5, 0.6) is 6.01 Å². The van der Waals surface area contributed by atoms with Gasteiger partial charge in [-0.3, -0.25) is 18.7 Å². The topological polar surface area (TPSA) is 138 Å². The van der Waals surface area contributed by atoms with E-state index in [4.69, 9.17) is 18.4 Å². The molecule has 1 aliphatic rings. The van der Waals surface area contributed by atoms with Crippen LogP contribution in [-0.4, -0.2) is 40.0 Å². The standard InChI is InChI=1S/C11H8O2.C6H8N2O.H2O3S/c1-7-6-10(12)8-4-2-3-5-9(8)11(7)13;1-4-3-7-6(9)8-5(4)2;1-4(2)3/h2-6H,1H3;3H,1-2H3,(H,7,8,9);(H2,1,2,3). The highest BCUT2D eigenvalue weighted by Gasteiger charge is 2.21. The average molecular weight is 378 g/mol. The first-order chi connectivity index (χ1) is 12.1. The minimum absolute atomic E-state index is 0.0461. The molecule has 1 aliphatic carbocycles. The monoisotopic (exact) mass is 378 g/mol. The van der Waals surface area contributed by atoms with Gasteiger partial charge < -0.3 is 5.11 Å². The van der Waals surface area contributed by atoms with Gasteiger partial charge in [0, 0.05) is 28.6 Å². The number of benzene rings is 1. The number of rotatable bonds is 0. The van der Waals surface area contributed by atoms with Gasteiger partial charge in [0.1, 0.15) is 0 Å². The predicted octanol–water partition coefficient (Wildman–Crippen LogP) is 2.49. The summed E-state index contributed by atoms with van der Waals surface area (Å²) in [6.07, 6.45) is 2.99. The number of hydrogen-bond donors (Lipinski definition) is 3. The van der Waals surface area contributed by atoms with Crippen LogP contribution < -0.4 is 0 Å². The van der Waals surface area contributed by atoms with Gasteiger partial charge in [0.25, 0.3) is 11.4 Å². The second-order valence-corrected chi connectivity index (χ2v) is 5.70. The number of carbonyl (C=O) groups is 2. The van der Waals surface area contributed by atoms with Crippen molar-refractivity contribution in [2.45, 2.75) is 20.8 Å². The highest BCUT2D eigenvalue weighted by Crippen LogP contribution is 2.20. The normalized spacial score (nSPS) is 12.3. The average Bonchev–Trinajstić information content (AvgIpc) is 2.57. The minimum atomic E-state index is -2.61. The van der Waals surface area contributed by atoms with Crippen molar-refractivity contribution >= 4 is 22.9 Å². The third-order valence-corrected chi connectivity index (χ3v) is 3.35. The molecule has 3 N–H and O–H groups in total. The molecule has 1 aromatic carbocycles. The second-order valence-electron chi connectivity index (χ2n) is 5.24. The lowest BCUT2D eigenvalue weighted by atomic mass is 9.90. The third kappa shape index (κ3) is 6.28. The molecule has 0 saturated carbocycles. The van der Waals surface area contributed by atoms with Crippen LogP contribution in [0.3, 0.4) is 0 Å². The highest BCUT2D eigenvalue weighted by atomic mass is 32.2. The molecule has 0 saturated heterocycles. The number of carbonyl (C=O) groups excluding carboxylic acids is 2. The van der Waals surface area contributed by atoms with Crippen LogP contribution >= 0.6 is 0 Å². The molecule has 3 rings (SSSR count). The lowest BCUT2D eigenvalue weighted by molar-refractivity contribution is 0.0984. The van der Waals surface area contributed by atoms with E-state index in [-0.39, 0.29) is 17.6 Å². The molecule has 0 radical (unpaired) electrons. The van der Waals surface area contributed by atoms with Gasteiger partial charge in [-0.25, -0.2) is 9.97 Å². The third-order valence-electron chi connectivity index (χ3n) is 3.35. The molecule has 0 spiro atoms. The van der Waals surface area contributed by atoms with Gasteiger partial charge in [-0.2, -0.15) is 4.21 Å². The molecule has 0 amide bonds. The van der Waals surface area contributed by atoms with Crippen molar-refractivity contribution in [3.05, 3.63) is 64.5 Å². The van der Waals surface area contributed by atoms with Gasteiger partial charge in [0.15, 0.2) is 11.6 Å². The number of aryl methyl sites for hydroxylation is 2. The first-order valence-corrected chi connectivity index (χ1v) is 8.35. The van der Waals surface area contributed by atoms with Crippen LogP contribution in [0.1, 0.15) is 38.9 Å². The second kappa shape index (κ2) is 9.66. The van der Waals surface area contributed by atoms with Crippen LogP contribution in [-0.2, 0) is 11.4 Å². The Morgan fingerprint density at radius 3 is 2.04 bits per heavy atom. The van der Waals surface area contributed by atoms with Crippen molar-refractivity contribution in [1.29, 1.82) is 0 Å². The van der Waals surface area contributed by atoms with Crippen molar-refractivity contribution in [3.63, 3.8) is 0 Å². The molecule has 1 aromatic heterocycles. The van der Waals surface area contributed by atoms with Gasteiger partial charge in [0.2, 0.25) is 0 Å². The van der Waals surface area contributed by atoms with E-state index in [0.717, 1.165) is 11.3 Å². The van der Waals surface area contributed by atoms with E-state index >= 15 is 0 Å². The van der Waals surface area contributed by atoms with E-state index in [1.807, 2.05) is 13.8 Å². The van der Waals surface area contributed by atoms with Gasteiger partial charge >= 0.3 is 6.01 Å². The molecule has 9 heteroatoms. The van der Waals surface area contributed by atoms with Crippen LogP contribution in [0.25, 0.3) is 0 Å². The van der Waals surface area contributed by atoms with Gasteiger partial charge in [0.05, 0.1) is 0 Å². The predicted molar refractivity (Wildman–Crippen MR) is 95.4 cm³/mol. The number of ketones is 2. The smallest absolute Gasteiger partial charge is 0.314 e. The Morgan fingerprint density at radius 2 is 1.54 bits per heavy atom. The van der Waals surface area contributed by atoms with Crippen molar-refractivity contribution in [2.75, 3.05) is 0 Å². The first kappa shape index (κ1) is 21.3. The van der Waals surface area contributed by atoms with E-state index < -0.39 is 11.4 Å². The molecule has 8 nitrogen and oxygen atoms in total. The molecule has 0 bridgehead atoms. The van der Waals surface area contributed by atoms with Crippen LogP contribution in [0.4, 0.5) is 0 Å². The maximum atomic E-state index is 11.5. The Hall–Kier alpha value is -2.75. The van der Waals surface area contributed by atoms with Crippen LogP contribution in [0.2, 0.25) is 0 Å². The lowest BCUT2D eigenvalue weighted by Crippen LogP contribution is -2.14. The number of allylic oxidation sites excluding steroid dienone is 2. The van der Waals surface area contributed by atoms with Crippen molar-refractivity contribution in [2.24, 2.45) is 0 Å². The summed E-state index contributed by atoms with van der Waals surface area (Å²) in [6.45, 7) is 5.39. The number of aromatic hydroxyl groups is 1. The summed E-state index contributed by atoms with van der Waals surface area (Å²) in [6, 6.07) is 6.74. The van der Waals surface area contributed by atoms with Gasteiger partial charge in [-0.15, -0.1) is 0 Å². The first-order valence-electron chi connectivity index (χ1n) is 7.29.